The summed E-state index contributed by atoms with van der Waals surface area (Å²) in [5, 5.41) is 0. The lowest BCUT2D eigenvalue weighted by molar-refractivity contribution is 0.0717. The van der Waals surface area contributed by atoms with Gasteiger partial charge in [0.15, 0.2) is 11.5 Å². The van der Waals surface area contributed by atoms with Gasteiger partial charge in [0, 0.05) is 12.3 Å². The maximum absolute atomic E-state index is 11.4. The number of hydrogen-bond donors (Lipinski definition) is 3. The normalized spacial score (nSPS) is 24.8. The minimum atomic E-state index is -4.30. The zero-order valence-corrected chi connectivity index (χ0v) is 13.8. The molecule has 0 bridgehead atoms. The fourth-order valence-corrected chi connectivity index (χ4v) is 3.78. The monoisotopic (exact) mass is 351 g/mol. The Balaban J connectivity index is 1.64. The van der Waals surface area contributed by atoms with Crippen LogP contribution < -0.4 is 5.73 Å². The number of nitrogens with zero attached hydrogens (tertiary/aromatic N) is 4. The molecule has 2 fully saturated rings. The van der Waals surface area contributed by atoms with Crippen molar-refractivity contribution < 1.29 is 19.1 Å². The Bertz CT molecular complexity index is 871. The highest BCUT2D eigenvalue weighted by molar-refractivity contribution is 7.52. The summed E-state index contributed by atoms with van der Waals surface area (Å²) >= 11 is 0. The van der Waals surface area contributed by atoms with Gasteiger partial charge in [-0.2, -0.15) is 4.98 Å². The Labute approximate surface area is 137 Å². The van der Waals surface area contributed by atoms with Crippen molar-refractivity contribution in [3.05, 3.63) is 24.2 Å². The third-order valence-electron chi connectivity index (χ3n) is 4.42. The lowest BCUT2D eigenvalue weighted by atomic mass is 10.1. The second-order valence-electron chi connectivity index (χ2n) is 6.34. The van der Waals surface area contributed by atoms with E-state index in [9.17, 15) is 14.4 Å². The summed E-state index contributed by atoms with van der Waals surface area (Å²) in [7, 11) is -4.30. The smallest absolute Gasteiger partial charge is 0.354 e. The molecule has 128 valence electrons. The number of nitrogen functional groups attached to an aromatic ring is 1. The average molecular weight is 351 g/mol. The van der Waals surface area contributed by atoms with Crippen LogP contribution in [0, 0.1) is 0 Å². The van der Waals surface area contributed by atoms with Crippen molar-refractivity contribution in [2.24, 2.45) is 0 Å². The fourth-order valence-electron chi connectivity index (χ4n) is 3.00. The highest BCUT2D eigenvalue weighted by Gasteiger charge is 2.40. The molecule has 2 aromatic heterocycles. The minimum absolute atomic E-state index is 0.145. The van der Waals surface area contributed by atoms with Crippen molar-refractivity contribution in [3.63, 3.8) is 0 Å². The number of imidazole rings is 1. The van der Waals surface area contributed by atoms with E-state index >= 15 is 0 Å². The maximum Gasteiger partial charge on any atom is 0.354 e. The van der Waals surface area contributed by atoms with Crippen molar-refractivity contribution in [1.29, 1.82) is 0 Å². The van der Waals surface area contributed by atoms with E-state index in [1.165, 1.54) is 0 Å². The molecular formula is C14H18N5O4P. The lowest BCUT2D eigenvalue weighted by Crippen LogP contribution is -2.18. The summed E-state index contributed by atoms with van der Waals surface area (Å²) in [6.45, 7) is 4.20. The summed E-state index contributed by atoms with van der Waals surface area (Å²) < 4.78 is 18.7. The van der Waals surface area contributed by atoms with Crippen LogP contribution in [-0.2, 0) is 15.8 Å². The Hall–Kier alpha value is -1.80. The number of fused-ring (bicyclic) bond motifs is 1. The van der Waals surface area contributed by atoms with Gasteiger partial charge >= 0.3 is 7.60 Å². The third-order valence-corrected chi connectivity index (χ3v) is 5.48. The third kappa shape index (κ3) is 2.73. The number of rotatable bonds is 4. The van der Waals surface area contributed by atoms with Crippen LogP contribution >= 0.6 is 7.60 Å². The van der Waals surface area contributed by atoms with Gasteiger partial charge in [0.25, 0.3) is 0 Å². The Morgan fingerprint density at radius 3 is 2.79 bits per heavy atom. The summed E-state index contributed by atoms with van der Waals surface area (Å²) in [6, 6.07) is 0. The standard InChI is InChI=1S/C14H18N5O4P/c1-7-4-10(24(20,21)22)23-9(7)5-19-6-16-12-11(8-2-3-8)17-14(15)18-13(12)19/h6,8-10H,1-5H2,(H2,15,17,18)(H2,20,21,22)/t9-,10+/m0/s1. The molecule has 10 heteroatoms. The first-order valence-corrected chi connectivity index (χ1v) is 9.37. The molecule has 1 saturated carbocycles. The zero-order valence-electron chi connectivity index (χ0n) is 12.9. The van der Waals surface area contributed by atoms with Crippen LogP contribution in [0.2, 0.25) is 0 Å². The van der Waals surface area contributed by atoms with Crippen LogP contribution in [-0.4, -0.2) is 41.3 Å². The zero-order chi connectivity index (χ0) is 17.1. The van der Waals surface area contributed by atoms with Crippen molar-refractivity contribution >= 4 is 24.7 Å². The predicted octanol–water partition coefficient (Wildman–Crippen LogP) is 1.13. The number of ether oxygens (including phenoxy) is 1. The quantitative estimate of drug-likeness (QED) is 0.551. The number of nitrogens with two attached hydrogens (primary N) is 1. The first-order chi connectivity index (χ1) is 11.3. The molecule has 2 atom stereocenters. The Kier molecular flexibility index (Phi) is 3.50. The molecule has 0 aromatic carbocycles. The van der Waals surface area contributed by atoms with Crippen LogP contribution in [0.4, 0.5) is 5.95 Å². The molecule has 0 spiro atoms. The van der Waals surface area contributed by atoms with E-state index in [1.54, 1.807) is 10.9 Å². The van der Waals surface area contributed by atoms with E-state index in [0.29, 0.717) is 23.7 Å². The molecule has 0 radical (unpaired) electrons. The molecule has 4 rings (SSSR count). The molecule has 2 aromatic rings. The van der Waals surface area contributed by atoms with Crippen molar-refractivity contribution in [2.45, 2.75) is 43.7 Å². The Morgan fingerprint density at radius 1 is 1.42 bits per heavy atom. The molecule has 24 heavy (non-hydrogen) atoms. The molecule has 0 unspecified atom stereocenters. The van der Waals surface area contributed by atoms with Crippen LogP contribution in [0.15, 0.2) is 18.5 Å². The van der Waals surface area contributed by atoms with Crippen molar-refractivity contribution in [2.75, 3.05) is 5.73 Å². The first kappa shape index (κ1) is 15.7. The molecule has 3 heterocycles. The maximum atomic E-state index is 11.4. The van der Waals surface area contributed by atoms with E-state index in [-0.39, 0.29) is 12.4 Å². The molecule has 1 aliphatic heterocycles. The predicted molar refractivity (Wildman–Crippen MR) is 86.2 cm³/mol. The van der Waals surface area contributed by atoms with E-state index in [1.807, 2.05) is 0 Å². The van der Waals surface area contributed by atoms with Crippen LogP contribution in [0.3, 0.4) is 0 Å². The molecule has 1 saturated heterocycles. The summed E-state index contributed by atoms with van der Waals surface area (Å²) in [4.78, 5) is 31.5. The topological polar surface area (TPSA) is 136 Å². The van der Waals surface area contributed by atoms with Gasteiger partial charge < -0.3 is 24.8 Å². The minimum Gasteiger partial charge on any atom is -0.368 e. The van der Waals surface area contributed by atoms with E-state index in [0.717, 1.165) is 24.1 Å². The molecule has 4 N–H and O–H groups in total. The van der Waals surface area contributed by atoms with Gasteiger partial charge in [0.2, 0.25) is 5.95 Å². The van der Waals surface area contributed by atoms with Crippen molar-refractivity contribution in [3.8, 4) is 0 Å². The molecular weight excluding hydrogens is 333 g/mol. The lowest BCUT2D eigenvalue weighted by Gasteiger charge is -2.15. The molecule has 1 aliphatic carbocycles. The largest absolute Gasteiger partial charge is 0.368 e. The van der Waals surface area contributed by atoms with Crippen molar-refractivity contribution in [1.82, 2.24) is 19.5 Å². The van der Waals surface area contributed by atoms with Gasteiger partial charge in [-0.25, -0.2) is 9.97 Å². The number of hydrogen-bond acceptors (Lipinski definition) is 6. The van der Waals surface area contributed by atoms with Gasteiger partial charge in [-0.3, -0.25) is 4.57 Å². The van der Waals surface area contributed by atoms with E-state index in [2.05, 4.69) is 21.5 Å². The van der Waals surface area contributed by atoms with E-state index in [4.69, 9.17) is 10.5 Å². The summed E-state index contributed by atoms with van der Waals surface area (Å²) in [5.74, 6) is -0.546. The van der Waals surface area contributed by atoms with Crippen LogP contribution in [0.1, 0.15) is 30.9 Å². The average Bonchev–Trinajstić information content (AvgIpc) is 3.17. The number of aromatic nitrogens is 4. The summed E-state index contributed by atoms with van der Waals surface area (Å²) in [6.07, 6.45) is 3.43. The number of anilines is 1. The molecule has 0 amide bonds. The van der Waals surface area contributed by atoms with Gasteiger partial charge in [-0.05, 0) is 18.4 Å². The van der Waals surface area contributed by atoms with E-state index < -0.39 is 19.5 Å². The molecule has 9 nitrogen and oxygen atoms in total. The van der Waals surface area contributed by atoms with Crippen LogP contribution in [0.5, 0.6) is 0 Å². The van der Waals surface area contributed by atoms with Gasteiger partial charge in [0.05, 0.1) is 24.7 Å². The highest BCUT2D eigenvalue weighted by atomic mass is 31.2. The SMILES string of the molecule is C=C1C[C@@H](P(=O)(O)O)O[C@H]1Cn1cnc2c(C3CC3)nc(N)nc21. The fraction of sp³-hybridized carbons (Fsp3) is 0.500. The molecule has 2 aliphatic rings. The second kappa shape index (κ2) is 5.35. The van der Waals surface area contributed by atoms with Gasteiger partial charge in [-0.1, -0.05) is 6.58 Å². The van der Waals surface area contributed by atoms with Crippen LogP contribution in [0.25, 0.3) is 11.2 Å². The van der Waals surface area contributed by atoms with Gasteiger partial charge in [0.1, 0.15) is 5.52 Å². The van der Waals surface area contributed by atoms with Gasteiger partial charge in [-0.15, -0.1) is 0 Å². The summed E-state index contributed by atoms with van der Waals surface area (Å²) in [5.41, 5.74) is 8.67. The Morgan fingerprint density at radius 2 is 2.17 bits per heavy atom. The first-order valence-electron chi connectivity index (χ1n) is 7.69. The second-order valence-corrected chi connectivity index (χ2v) is 8.10. The highest BCUT2D eigenvalue weighted by Crippen LogP contribution is 2.49.